The van der Waals surface area contributed by atoms with Crippen LogP contribution >= 0.6 is 0 Å². The highest BCUT2D eigenvalue weighted by Gasteiger charge is 2.24. The molecule has 2 aromatic heterocycles. The molecule has 0 aliphatic rings. The van der Waals surface area contributed by atoms with Crippen molar-refractivity contribution in [2.24, 2.45) is 13.0 Å². The Kier molecular flexibility index (Phi) is 7.80. The normalized spacial score (nSPS) is 11.4. The number of carbonyl (C=O) groups excluding carboxylic acids is 1. The van der Waals surface area contributed by atoms with Gasteiger partial charge in [-0.15, -0.1) is 0 Å². The number of benzene rings is 1. The van der Waals surface area contributed by atoms with Gasteiger partial charge in [0.05, 0.1) is 11.0 Å². The van der Waals surface area contributed by atoms with Crippen molar-refractivity contribution < 1.29 is 4.79 Å². The van der Waals surface area contributed by atoms with E-state index in [0.717, 1.165) is 17.5 Å². The number of para-hydroxylation sites is 2. The predicted octanol–water partition coefficient (Wildman–Crippen LogP) is 2.04. The van der Waals surface area contributed by atoms with Crippen LogP contribution in [0, 0.1) is 5.92 Å². The molecule has 1 aromatic carbocycles. The summed E-state index contributed by atoms with van der Waals surface area (Å²) < 4.78 is 4.41. The van der Waals surface area contributed by atoms with E-state index < -0.39 is 11.2 Å². The maximum Gasteiger partial charge on any atom is 0.330 e. The number of H-pyrrole nitrogens is 1. The number of nitrogens with zero attached hydrogens (tertiary/aromatic N) is 4. The molecule has 0 radical (unpaired) electrons. The van der Waals surface area contributed by atoms with E-state index in [9.17, 15) is 19.2 Å². The molecule has 184 valence electrons. The molecule has 0 unspecified atom stereocenters. The molecule has 2 heterocycles. The Morgan fingerprint density at radius 1 is 1.09 bits per heavy atom. The largest absolute Gasteiger partial charge is 0.383 e. The maximum atomic E-state index is 13.4. The van der Waals surface area contributed by atoms with Gasteiger partial charge in [0.2, 0.25) is 5.91 Å². The lowest BCUT2D eigenvalue weighted by atomic mass is 10.1. The first-order chi connectivity index (χ1) is 16.2. The van der Waals surface area contributed by atoms with Crippen LogP contribution in [0.5, 0.6) is 0 Å². The van der Waals surface area contributed by atoms with E-state index in [1.54, 1.807) is 16.2 Å². The Bertz CT molecular complexity index is 1340. The van der Waals surface area contributed by atoms with E-state index in [4.69, 9.17) is 5.73 Å². The van der Waals surface area contributed by atoms with Crippen molar-refractivity contribution in [3.63, 3.8) is 0 Å². The Hall–Kier alpha value is -3.56. The number of imidazole rings is 1. The summed E-state index contributed by atoms with van der Waals surface area (Å²) in [6, 6.07) is 7.38. The minimum Gasteiger partial charge on any atom is -0.383 e. The summed E-state index contributed by atoms with van der Waals surface area (Å²) in [7, 11) is 1.69. The number of hydrogen-bond acceptors (Lipinski definition) is 5. The number of rotatable bonds is 10. The third-order valence-electron chi connectivity index (χ3n) is 6.05. The van der Waals surface area contributed by atoms with Crippen molar-refractivity contribution in [1.29, 1.82) is 0 Å². The molecule has 1 amide bonds. The third kappa shape index (κ3) is 5.00. The fourth-order valence-corrected chi connectivity index (χ4v) is 4.05. The monoisotopic (exact) mass is 470 g/mol. The fraction of sp³-hybridized carbons (Fsp3) is 0.500. The van der Waals surface area contributed by atoms with Crippen molar-refractivity contribution >= 4 is 28.4 Å². The second-order valence-electron chi connectivity index (χ2n) is 8.96. The molecular weight excluding hydrogens is 436 g/mol. The Balaban J connectivity index is 1.97. The summed E-state index contributed by atoms with van der Waals surface area (Å²) in [6.07, 6.45) is 2.20. The second-order valence-corrected chi connectivity index (χ2v) is 8.96. The Labute approximate surface area is 197 Å². The Morgan fingerprint density at radius 3 is 2.41 bits per heavy atom. The lowest BCUT2D eigenvalue weighted by Crippen LogP contribution is -2.42. The number of carbonyl (C=O) groups is 1. The average Bonchev–Trinajstić information content (AvgIpc) is 3.03. The zero-order valence-electron chi connectivity index (χ0n) is 20.3. The van der Waals surface area contributed by atoms with Crippen LogP contribution in [0.2, 0.25) is 0 Å². The minimum atomic E-state index is -0.685. The molecular formula is C24H34N6O4. The van der Waals surface area contributed by atoms with Gasteiger partial charge in [-0.05, 0) is 30.9 Å². The minimum absolute atomic E-state index is 0.00102. The van der Waals surface area contributed by atoms with E-state index in [1.807, 2.05) is 45.0 Å². The SMILES string of the molecule is CCCCn1c(N)c(N(CCC(C)C)C(=O)CCn2c(=O)n(C)c3ccccc32)c(=O)[nH]c1=O. The molecule has 10 nitrogen and oxygen atoms in total. The van der Waals surface area contributed by atoms with Crippen molar-refractivity contribution in [2.45, 2.75) is 59.5 Å². The van der Waals surface area contributed by atoms with E-state index in [0.29, 0.717) is 19.4 Å². The van der Waals surface area contributed by atoms with Gasteiger partial charge < -0.3 is 10.6 Å². The van der Waals surface area contributed by atoms with Gasteiger partial charge in [0.15, 0.2) is 5.69 Å². The molecule has 0 aliphatic carbocycles. The van der Waals surface area contributed by atoms with E-state index in [-0.39, 0.29) is 48.5 Å². The molecule has 3 aromatic rings. The molecule has 3 N–H and O–H groups in total. The number of nitrogens with two attached hydrogens (primary N) is 1. The van der Waals surface area contributed by atoms with Crippen molar-refractivity contribution in [1.82, 2.24) is 18.7 Å². The summed E-state index contributed by atoms with van der Waals surface area (Å²) in [6.45, 7) is 6.82. The van der Waals surface area contributed by atoms with Gasteiger partial charge in [-0.25, -0.2) is 9.59 Å². The standard InChI is InChI=1S/C24H34N6O4/c1-5-6-13-30-21(25)20(22(32)26-23(30)33)29(14-11-16(2)3)19(31)12-15-28-18-10-8-7-9-17(18)27(4)24(28)34/h7-10,16H,5-6,11-15,25H2,1-4H3,(H,26,32,33). The molecule has 34 heavy (non-hydrogen) atoms. The summed E-state index contributed by atoms with van der Waals surface area (Å²) in [5.41, 5.74) is 6.29. The van der Waals surface area contributed by atoms with Crippen molar-refractivity contribution in [3.05, 3.63) is 55.6 Å². The number of amides is 1. The van der Waals surface area contributed by atoms with Crippen LogP contribution in [0.4, 0.5) is 11.5 Å². The van der Waals surface area contributed by atoms with Gasteiger partial charge in [-0.1, -0.05) is 39.3 Å². The molecule has 0 spiro atoms. The second kappa shape index (κ2) is 10.6. The molecule has 0 saturated carbocycles. The van der Waals surface area contributed by atoms with Crippen molar-refractivity contribution in [3.8, 4) is 0 Å². The first kappa shape index (κ1) is 25.1. The van der Waals surface area contributed by atoms with Crippen LogP contribution in [0.1, 0.15) is 46.5 Å². The van der Waals surface area contributed by atoms with E-state index >= 15 is 0 Å². The summed E-state index contributed by atoms with van der Waals surface area (Å²) in [4.78, 5) is 54.9. The molecule has 0 atom stereocenters. The summed E-state index contributed by atoms with van der Waals surface area (Å²) >= 11 is 0. The van der Waals surface area contributed by atoms with Crippen LogP contribution in [0.15, 0.2) is 38.6 Å². The number of nitrogen functional groups attached to an aromatic ring is 1. The third-order valence-corrected chi connectivity index (χ3v) is 6.05. The molecule has 0 aliphatic heterocycles. The zero-order valence-corrected chi connectivity index (χ0v) is 20.3. The van der Waals surface area contributed by atoms with Gasteiger partial charge in [-0.3, -0.25) is 28.3 Å². The van der Waals surface area contributed by atoms with E-state index in [1.165, 1.54) is 9.47 Å². The van der Waals surface area contributed by atoms with Crippen LogP contribution < -0.4 is 27.6 Å². The van der Waals surface area contributed by atoms with Gasteiger partial charge >= 0.3 is 11.4 Å². The van der Waals surface area contributed by atoms with Crippen molar-refractivity contribution in [2.75, 3.05) is 17.2 Å². The van der Waals surface area contributed by atoms with E-state index in [2.05, 4.69) is 4.98 Å². The Morgan fingerprint density at radius 2 is 1.76 bits per heavy atom. The number of aryl methyl sites for hydroxylation is 2. The highest BCUT2D eigenvalue weighted by atomic mass is 16.2. The number of hydrogen-bond donors (Lipinski definition) is 2. The number of unbranched alkanes of at least 4 members (excludes halogenated alkanes) is 1. The van der Waals surface area contributed by atoms with Gasteiger partial charge in [0.25, 0.3) is 5.56 Å². The van der Waals surface area contributed by atoms with Crippen LogP contribution in [0.3, 0.4) is 0 Å². The smallest absolute Gasteiger partial charge is 0.330 e. The number of aromatic nitrogens is 4. The molecule has 3 rings (SSSR count). The zero-order chi connectivity index (χ0) is 25.0. The molecule has 0 fully saturated rings. The lowest BCUT2D eigenvalue weighted by Gasteiger charge is -2.25. The van der Waals surface area contributed by atoms with Gasteiger partial charge in [-0.2, -0.15) is 0 Å². The molecule has 10 heteroatoms. The summed E-state index contributed by atoms with van der Waals surface area (Å²) in [5, 5.41) is 0. The first-order valence-electron chi connectivity index (χ1n) is 11.7. The first-order valence-corrected chi connectivity index (χ1v) is 11.7. The van der Waals surface area contributed by atoms with Crippen LogP contribution in [0.25, 0.3) is 11.0 Å². The van der Waals surface area contributed by atoms with Crippen LogP contribution in [-0.2, 0) is 24.9 Å². The average molecular weight is 471 g/mol. The summed E-state index contributed by atoms with van der Waals surface area (Å²) in [5.74, 6) is -0.0673. The topological polar surface area (TPSA) is 128 Å². The highest BCUT2D eigenvalue weighted by molar-refractivity contribution is 5.95. The lowest BCUT2D eigenvalue weighted by molar-refractivity contribution is -0.118. The quantitative estimate of drug-likeness (QED) is 0.469. The number of anilines is 2. The number of aromatic amines is 1. The molecule has 0 bridgehead atoms. The van der Waals surface area contributed by atoms with Gasteiger partial charge in [0.1, 0.15) is 5.82 Å². The van der Waals surface area contributed by atoms with Crippen LogP contribution in [-0.4, -0.2) is 31.1 Å². The maximum absolute atomic E-state index is 13.4. The fourth-order valence-electron chi connectivity index (χ4n) is 4.05. The number of fused-ring (bicyclic) bond motifs is 1. The predicted molar refractivity (Wildman–Crippen MR) is 134 cm³/mol. The highest BCUT2D eigenvalue weighted by Crippen LogP contribution is 2.20. The number of nitrogens with one attached hydrogen (secondary N) is 1. The molecule has 0 saturated heterocycles. The van der Waals surface area contributed by atoms with Gasteiger partial charge in [0, 0.05) is 33.1 Å².